The summed E-state index contributed by atoms with van der Waals surface area (Å²) in [5.41, 5.74) is -0.420. The van der Waals surface area contributed by atoms with Crippen LogP contribution in [0.25, 0.3) is 0 Å². The highest BCUT2D eigenvalue weighted by atomic mass is 35.5. The molecule has 1 N–H and O–H groups in total. The lowest BCUT2D eigenvalue weighted by Crippen LogP contribution is -2.08. The zero-order valence-corrected chi connectivity index (χ0v) is 7.69. The van der Waals surface area contributed by atoms with Crippen LogP contribution in [-0.2, 0) is 0 Å². The molecule has 1 heterocycles. The van der Waals surface area contributed by atoms with E-state index in [1.54, 1.807) is 6.92 Å². The second-order valence-electron chi connectivity index (χ2n) is 2.12. The number of aliphatic hydroxyl groups excluding tert-OH is 1. The minimum Gasteiger partial charge on any atom is -0.382 e. The second kappa shape index (κ2) is 4.09. The third kappa shape index (κ3) is 3.22. The molecule has 0 aromatic carbocycles. The number of aliphatic hydroxyl groups is 1. The standard InChI is InChI=1S/C6H9ClN2OS/c1-4(10)11-5-2-3-8-6(7)9-5/h4,10H,2-3H2,1H3. The van der Waals surface area contributed by atoms with Gasteiger partial charge in [-0.2, -0.15) is 0 Å². The maximum absolute atomic E-state index is 8.99. The molecular formula is C6H9ClN2OS. The van der Waals surface area contributed by atoms with Crippen molar-refractivity contribution in [1.82, 2.24) is 0 Å². The van der Waals surface area contributed by atoms with Gasteiger partial charge in [-0.05, 0) is 18.5 Å². The van der Waals surface area contributed by atoms with Gasteiger partial charge in [-0.15, -0.1) is 0 Å². The van der Waals surface area contributed by atoms with Crippen molar-refractivity contribution in [3.05, 3.63) is 0 Å². The maximum atomic E-state index is 8.99. The van der Waals surface area contributed by atoms with E-state index in [0.29, 0.717) is 11.8 Å². The van der Waals surface area contributed by atoms with Gasteiger partial charge in [-0.25, -0.2) is 4.99 Å². The second-order valence-corrected chi connectivity index (χ2v) is 3.85. The number of nitrogens with zero attached hydrogens (tertiary/aromatic N) is 2. The van der Waals surface area contributed by atoms with Crippen LogP contribution < -0.4 is 0 Å². The van der Waals surface area contributed by atoms with Gasteiger partial charge in [-0.1, -0.05) is 11.8 Å². The Hall–Kier alpha value is -0.0600. The Labute approximate surface area is 74.6 Å². The zero-order chi connectivity index (χ0) is 8.27. The van der Waals surface area contributed by atoms with Crippen LogP contribution in [-0.4, -0.2) is 27.4 Å². The van der Waals surface area contributed by atoms with E-state index in [0.717, 1.165) is 11.5 Å². The molecule has 1 aliphatic rings. The molecular weight excluding hydrogens is 184 g/mol. The molecule has 0 saturated carbocycles. The van der Waals surface area contributed by atoms with Crippen LogP contribution in [0.3, 0.4) is 0 Å². The molecule has 1 aliphatic heterocycles. The van der Waals surface area contributed by atoms with Crippen molar-refractivity contribution in [2.75, 3.05) is 6.54 Å². The van der Waals surface area contributed by atoms with Gasteiger partial charge in [0.15, 0.2) is 0 Å². The van der Waals surface area contributed by atoms with E-state index in [-0.39, 0.29) is 0 Å². The molecule has 1 unspecified atom stereocenters. The molecule has 0 aliphatic carbocycles. The zero-order valence-electron chi connectivity index (χ0n) is 6.12. The smallest absolute Gasteiger partial charge is 0.218 e. The summed E-state index contributed by atoms with van der Waals surface area (Å²) in [5.74, 6) is 0. The van der Waals surface area contributed by atoms with E-state index in [2.05, 4.69) is 9.98 Å². The van der Waals surface area contributed by atoms with Crippen molar-refractivity contribution < 1.29 is 5.11 Å². The third-order valence-corrected chi connectivity index (χ3v) is 2.20. The molecule has 5 heteroatoms. The van der Waals surface area contributed by atoms with E-state index in [9.17, 15) is 0 Å². The van der Waals surface area contributed by atoms with Crippen LogP contribution >= 0.6 is 23.4 Å². The fourth-order valence-electron chi connectivity index (χ4n) is 0.720. The quantitative estimate of drug-likeness (QED) is 0.505. The molecule has 1 atom stereocenters. The predicted molar refractivity (Wildman–Crippen MR) is 49.5 cm³/mol. The summed E-state index contributed by atoms with van der Waals surface area (Å²) in [5, 5.41) is 10.1. The van der Waals surface area contributed by atoms with Crippen LogP contribution in [0.2, 0.25) is 0 Å². The summed E-state index contributed by atoms with van der Waals surface area (Å²) in [4.78, 5) is 7.84. The molecule has 3 nitrogen and oxygen atoms in total. The van der Waals surface area contributed by atoms with Gasteiger partial charge < -0.3 is 5.11 Å². The van der Waals surface area contributed by atoms with Crippen LogP contribution in [0.15, 0.2) is 9.98 Å². The van der Waals surface area contributed by atoms with Gasteiger partial charge in [0.25, 0.3) is 0 Å². The number of amidine groups is 1. The summed E-state index contributed by atoms with van der Waals surface area (Å²) >= 11 is 6.88. The highest BCUT2D eigenvalue weighted by Gasteiger charge is 2.09. The monoisotopic (exact) mass is 192 g/mol. The number of hydrogen-bond acceptors (Lipinski definition) is 4. The molecule has 0 aromatic heterocycles. The van der Waals surface area contributed by atoms with Crippen molar-refractivity contribution in [3.8, 4) is 0 Å². The molecule has 0 radical (unpaired) electrons. The van der Waals surface area contributed by atoms with E-state index in [1.807, 2.05) is 0 Å². The molecule has 62 valence electrons. The Morgan fingerprint density at radius 2 is 2.45 bits per heavy atom. The van der Waals surface area contributed by atoms with Gasteiger partial charge in [0.05, 0.1) is 5.04 Å². The fraction of sp³-hybridized carbons (Fsp3) is 0.667. The first-order valence-electron chi connectivity index (χ1n) is 3.30. The summed E-state index contributed by atoms with van der Waals surface area (Å²) in [6, 6.07) is 0. The van der Waals surface area contributed by atoms with E-state index in [1.165, 1.54) is 11.8 Å². The van der Waals surface area contributed by atoms with Crippen LogP contribution in [0.5, 0.6) is 0 Å². The lowest BCUT2D eigenvalue weighted by molar-refractivity contribution is 0.285. The minimum absolute atomic E-state index is 0.291. The van der Waals surface area contributed by atoms with Crippen LogP contribution in [0.4, 0.5) is 0 Å². The van der Waals surface area contributed by atoms with Crippen molar-refractivity contribution in [3.63, 3.8) is 0 Å². The molecule has 0 amide bonds. The average Bonchev–Trinajstić information content (AvgIpc) is 1.85. The third-order valence-electron chi connectivity index (χ3n) is 1.09. The Morgan fingerprint density at radius 3 is 3.00 bits per heavy atom. The van der Waals surface area contributed by atoms with E-state index in [4.69, 9.17) is 16.7 Å². The SMILES string of the molecule is CC(O)SC1=NC(Cl)=NCC1. The van der Waals surface area contributed by atoms with Gasteiger partial charge >= 0.3 is 0 Å². The maximum Gasteiger partial charge on any atom is 0.218 e. The highest BCUT2D eigenvalue weighted by molar-refractivity contribution is 8.14. The minimum atomic E-state index is -0.420. The van der Waals surface area contributed by atoms with Crippen LogP contribution in [0, 0.1) is 0 Å². The largest absolute Gasteiger partial charge is 0.382 e. The van der Waals surface area contributed by atoms with Crippen molar-refractivity contribution in [1.29, 1.82) is 0 Å². The molecule has 11 heavy (non-hydrogen) atoms. The normalized spacial score (nSPS) is 20.6. The Balaban J connectivity index is 2.51. The number of aliphatic imine (C=N–C) groups is 2. The summed E-state index contributed by atoms with van der Waals surface area (Å²) < 4.78 is 0. The highest BCUT2D eigenvalue weighted by Crippen LogP contribution is 2.16. The molecule has 0 aromatic rings. The first-order valence-corrected chi connectivity index (χ1v) is 4.56. The Kier molecular flexibility index (Phi) is 3.36. The lowest BCUT2D eigenvalue weighted by atomic mass is 10.4. The van der Waals surface area contributed by atoms with Crippen LogP contribution in [0.1, 0.15) is 13.3 Å². The van der Waals surface area contributed by atoms with Crippen molar-refractivity contribution in [2.24, 2.45) is 9.98 Å². The average molecular weight is 193 g/mol. The molecule has 1 rings (SSSR count). The first-order chi connectivity index (χ1) is 5.18. The Bertz CT molecular complexity index is 203. The molecule has 0 spiro atoms. The van der Waals surface area contributed by atoms with E-state index < -0.39 is 5.44 Å². The summed E-state index contributed by atoms with van der Waals surface area (Å²) in [6.07, 6.45) is 0.784. The molecule has 0 saturated heterocycles. The van der Waals surface area contributed by atoms with Gasteiger partial charge in [0.1, 0.15) is 5.44 Å². The number of rotatable bonds is 1. The summed E-state index contributed by atoms with van der Waals surface area (Å²) in [6.45, 7) is 2.38. The molecule has 0 fully saturated rings. The number of halogens is 1. The van der Waals surface area contributed by atoms with Crippen molar-refractivity contribution >= 4 is 33.7 Å². The topological polar surface area (TPSA) is 45.0 Å². The molecule has 0 bridgehead atoms. The van der Waals surface area contributed by atoms with Gasteiger partial charge in [0.2, 0.25) is 5.29 Å². The van der Waals surface area contributed by atoms with E-state index >= 15 is 0 Å². The van der Waals surface area contributed by atoms with Gasteiger partial charge in [0, 0.05) is 13.0 Å². The lowest BCUT2D eigenvalue weighted by Gasteiger charge is -2.09. The van der Waals surface area contributed by atoms with Gasteiger partial charge in [-0.3, -0.25) is 4.99 Å². The number of thioether (sulfide) groups is 1. The first kappa shape index (κ1) is 9.03. The summed E-state index contributed by atoms with van der Waals surface area (Å²) in [7, 11) is 0. The predicted octanol–water partition coefficient (Wildman–Crippen LogP) is 1.45. The fourth-order valence-corrected chi connectivity index (χ4v) is 1.70. The van der Waals surface area contributed by atoms with Crippen molar-refractivity contribution in [2.45, 2.75) is 18.8 Å². The number of hydrogen-bond donors (Lipinski definition) is 1. The Morgan fingerprint density at radius 1 is 1.73 bits per heavy atom.